The number of carbonyl (C=O) groups is 1. The molecule has 3 rings (SSSR count). The van der Waals surface area contributed by atoms with Crippen LogP contribution in [0.4, 0.5) is 0 Å². The van der Waals surface area contributed by atoms with E-state index >= 15 is 0 Å². The van der Waals surface area contributed by atoms with Crippen LogP contribution in [-0.4, -0.2) is 45.5 Å². The first-order valence-corrected chi connectivity index (χ1v) is 9.33. The van der Waals surface area contributed by atoms with Gasteiger partial charge < -0.3 is 13.8 Å². The highest BCUT2D eigenvalue weighted by Gasteiger charge is 2.25. The van der Waals surface area contributed by atoms with Crippen LogP contribution >= 0.6 is 0 Å². The summed E-state index contributed by atoms with van der Waals surface area (Å²) in [6.07, 6.45) is 0. The third-order valence-electron chi connectivity index (χ3n) is 3.89. The maximum absolute atomic E-state index is 12.7. The number of hydrogen-bond donors (Lipinski definition) is 0. The summed E-state index contributed by atoms with van der Waals surface area (Å²) in [5.41, 5.74) is 0.512. The third kappa shape index (κ3) is 3.85. The van der Waals surface area contributed by atoms with E-state index < -0.39 is 10.1 Å². The van der Waals surface area contributed by atoms with Crippen molar-refractivity contribution in [3.05, 3.63) is 59.7 Å². The number of ether oxygens (including phenoxy) is 1. The van der Waals surface area contributed by atoms with Gasteiger partial charge in [-0.2, -0.15) is 13.7 Å². The number of nitrogens with zero attached hydrogens (tertiary/aromatic N) is 2. The van der Waals surface area contributed by atoms with Crippen LogP contribution < -0.4 is 4.18 Å². The van der Waals surface area contributed by atoms with Gasteiger partial charge >= 0.3 is 10.1 Å². The minimum absolute atomic E-state index is 0.0339. The van der Waals surface area contributed by atoms with Crippen LogP contribution in [0.15, 0.2) is 53.4 Å². The molecule has 1 saturated heterocycles. The molecular weight excluding hydrogens is 356 g/mol. The molecule has 1 fully saturated rings. The van der Waals surface area contributed by atoms with Crippen molar-refractivity contribution < 1.29 is 22.1 Å². The van der Waals surface area contributed by atoms with Gasteiger partial charge in [0.05, 0.1) is 30.4 Å². The van der Waals surface area contributed by atoms with Crippen molar-refractivity contribution in [1.82, 2.24) is 4.90 Å². The van der Waals surface area contributed by atoms with Crippen molar-refractivity contribution in [3.8, 4) is 11.8 Å². The lowest BCUT2D eigenvalue weighted by molar-refractivity contribution is 0.0302. The molecule has 134 valence electrons. The molecule has 2 aromatic carbocycles. The maximum Gasteiger partial charge on any atom is 0.339 e. The van der Waals surface area contributed by atoms with Gasteiger partial charge in [0.25, 0.3) is 5.91 Å². The fourth-order valence-electron chi connectivity index (χ4n) is 2.52. The Hall–Kier alpha value is -2.89. The molecule has 0 bridgehead atoms. The van der Waals surface area contributed by atoms with Crippen LogP contribution in [0.25, 0.3) is 0 Å². The van der Waals surface area contributed by atoms with Gasteiger partial charge in [-0.05, 0) is 36.4 Å². The molecule has 7 nitrogen and oxygen atoms in total. The molecule has 0 atom stereocenters. The van der Waals surface area contributed by atoms with Gasteiger partial charge in [-0.3, -0.25) is 4.79 Å². The highest BCUT2D eigenvalue weighted by molar-refractivity contribution is 7.87. The smallest absolute Gasteiger partial charge is 0.339 e. The Balaban J connectivity index is 1.87. The average molecular weight is 372 g/mol. The normalized spacial score (nSPS) is 14.5. The molecule has 1 aliphatic heterocycles. The monoisotopic (exact) mass is 372 g/mol. The summed E-state index contributed by atoms with van der Waals surface area (Å²) in [4.78, 5) is 14.2. The van der Waals surface area contributed by atoms with E-state index in [1.165, 1.54) is 36.4 Å². The fourth-order valence-corrected chi connectivity index (χ4v) is 3.46. The molecule has 0 saturated carbocycles. The second-order valence-electron chi connectivity index (χ2n) is 5.57. The number of amides is 1. The molecule has 0 N–H and O–H groups in total. The molecule has 0 unspecified atom stereocenters. The molecule has 0 aliphatic carbocycles. The Labute approximate surface area is 151 Å². The zero-order chi connectivity index (χ0) is 18.6. The van der Waals surface area contributed by atoms with Crippen molar-refractivity contribution in [1.29, 1.82) is 5.26 Å². The van der Waals surface area contributed by atoms with Crippen molar-refractivity contribution in [2.24, 2.45) is 0 Å². The molecular formula is C18H16N2O5S. The standard InChI is InChI=1S/C18H16N2O5S/c19-13-14-5-7-15(8-6-14)26(22,23)25-17-4-2-1-3-16(17)18(21)20-9-11-24-12-10-20/h1-8H,9-12H2. The Morgan fingerprint density at radius 2 is 1.73 bits per heavy atom. The number of morpholine rings is 1. The molecule has 1 aliphatic rings. The predicted molar refractivity (Wildman–Crippen MR) is 92.1 cm³/mol. The first kappa shape index (κ1) is 17.9. The average Bonchev–Trinajstić information content (AvgIpc) is 2.68. The Kier molecular flexibility index (Phi) is 5.21. The van der Waals surface area contributed by atoms with Gasteiger partial charge in [-0.25, -0.2) is 0 Å². The number of carbonyl (C=O) groups excluding carboxylic acids is 1. The molecule has 1 heterocycles. The van der Waals surface area contributed by atoms with Crippen LogP contribution in [-0.2, 0) is 14.9 Å². The van der Waals surface area contributed by atoms with Gasteiger partial charge in [0, 0.05) is 13.1 Å². The SMILES string of the molecule is N#Cc1ccc(S(=O)(=O)Oc2ccccc2C(=O)N2CCOCC2)cc1. The van der Waals surface area contributed by atoms with Gasteiger partial charge in [0.1, 0.15) is 4.90 Å². The van der Waals surface area contributed by atoms with E-state index in [-0.39, 0.29) is 22.1 Å². The van der Waals surface area contributed by atoms with E-state index in [2.05, 4.69) is 0 Å². The first-order chi connectivity index (χ1) is 12.5. The van der Waals surface area contributed by atoms with Crippen molar-refractivity contribution in [2.75, 3.05) is 26.3 Å². The lowest BCUT2D eigenvalue weighted by atomic mass is 10.1. The van der Waals surface area contributed by atoms with E-state index in [1.807, 2.05) is 6.07 Å². The second-order valence-corrected chi connectivity index (χ2v) is 7.12. The molecule has 2 aromatic rings. The van der Waals surface area contributed by atoms with E-state index in [9.17, 15) is 13.2 Å². The molecule has 0 radical (unpaired) electrons. The van der Waals surface area contributed by atoms with Crippen LogP contribution in [0.1, 0.15) is 15.9 Å². The zero-order valence-corrected chi connectivity index (χ0v) is 14.6. The fraction of sp³-hybridized carbons (Fsp3) is 0.222. The Morgan fingerprint density at radius 3 is 2.38 bits per heavy atom. The van der Waals surface area contributed by atoms with E-state index in [1.54, 1.807) is 17.0 Å². The molecule has 8 heteroatoms. The summed E-state index contributed by atoms with van der Waals surface area (Å²) in [5, 5.41) is 8.81. The number of rotatable bonds is 4. The van der Waals surface area contributed by atoms with Gasteiger partial charge in [0.15, 0.2) is 5.75 Å². The summed E-state index contributed by atoms with van der Waals surface area (Å²) >= 11 is 0. The minimum Gasteiger partial charge on any atom is -0.378 e. The maximum atomic E-state index is 12.7. The second kappa shape index (κ2) is 7.56. The summed E-state index contributed by atoms with van der Waals surface area (Å²) in [7, 11) is -4.13. The number of benzene rings is 2. The van der Waals surface area contributed by atoms with Gasteiger partial charge in [-0.15, -0.1) is 0 Å². The first-order valence-electron chi connectivity index (χ1n) is 7.92. The summed E-state index contributed by atoms with van der Waals surface area (Å²) in [6.45, 7) is 1.77. The van der Waals surface area contributed by atoms with Crippen molar-refractivity contribution in [3.63, 3.8) is 0 Å². The zero-order valence-electron chi connectivity index (χ0n) is 13.8. The van der Waals surface area contributed by atoms with Crippen LogP contribution in [0.3, 0.4) is 0 Å². The van der Waals surface area contributed by atoms with E-state index in [4.69, 9.17) is 14.2 Å². The van der Waals surface area contributed by atoms with Crippen LogP contribution in [0.2, 0.25) is 0 Å². The third-order valence-corrected chi connectivity index (χ3v) is 5.14. The minimum atomic E-state index is -4.13. The van der Waals surface area contributed by atoms with Crippen molar-refractivity contribution in [2.45, 2.75) is 4.90 Å². The largest absolute Gasteiger partial charge is 0.378 e. The quantitative estimate of drug-likeness (QED) is 0.759. The molecule has 26 heavy (non-hydrogen) atoms. The van der Waals surface area contributed by atoms with E-state index in [0.29, 0.717) is 31.9 Å². The lowest BCUT2D eigenvalue weighted by Crippen LogP contribution is -2.40. The summed E-state index contributed by atoms with van der Waals surface area (Å²) in [6, 6.07) is 13.5. The van der Waals surface area contributed by atoms with Crippen LogP contribution in [0, 0.1) is 11.3 Å². The highest BCUT2D eigenvalue weighted by Crippen LogP contribution is 2.25. The van der Waals surface area contributed by atoms with E-state index in [0.717, 1.165) is 0 Å². The number of hydrogen-bond acceptors (Lipinski definition) is 6. The molecule has 0 aromatic heterocycles. The van der Waals surface area contributed by atoms with Crippen molar-refractivity contribution >= 4 is 16.0 Å². The number of nitriles is 1. The summed E-state index contributed by atoms with van der Waals surface area (Å²) in [5.74, 6) is -0.340. The number of para-hydroxylation sites is 1. The Morgan fingerprint density at radius 1 is 1.08 bits per heavy atom. The van der Waals surface area contributed by atoms with Gasteiger partial charge in [0.2, 0.25) is 0 Å². The highest BCUT2D eigenvalue weighted by atomic mass is 32.2. The predicted octanol–water partition coefficient (Wildman–Crippen LogP) is 1.80. The lowest BCUT2D eigenvalue weighted by Gasteiger charge is -2.27. The topological polar surface area (TPSA) is 96.7 Å². The van der Waals surface area contributed by atoms with Gasteiger partial charge in [-0.1, -0.05) is 12.1 Å². The molecule has 0 spiro atoms. The summed E-state index contributed by atoms with van der Waals surface area (Å²) < 4.78 is 35.4. The molecule has 1 amide bonds. The van der Waals surface area contributed by atoms with Crippen LogP contribution in [0.5, 0.6) is 5.75 Å². The Bertz CT molecular complexity index is 942.